The van der Waals surface area contributed by atoms with Gasteiger partial charge in [0, 0.05) is 33.5 Å². The zero-order valence-electron chi connectivity index (χ0n) is 28.1. The fraction of sp³-hybridized carbons (Fsp3) is 0. The van der Waals surface area contributed by atoms with Gasteiger partial charge in [-0.25, -0.2) is 15.0 Å². The summed E-state index contributed by atoms with van der Waals surface area (Å²) in [7, 11) is 0. The number of nitrogens with zero attached hydrogens (tertiary/aromatic N) is 5. The predicted octanol–water partition coefficient (Wildman–Crippen LogP) is 11.9. The minimum absolute atomic E-state index is 0.658. The SMILES string of the molecule is c1ccc(-c2ccc(-c3cc(-c4ccccc4)nc(-c4cccc(N5c6ccccc6-c6ccccc6-n6c5nc5ccccc56)c4)n3)cc2)cc1. The van der Waals surface area contributed by atoms with Crippen LogP contribution in [0.25, 0.3) is 72.9 Å². The minimum Gasteiger partial charge on any atom is -0.280 e. The van der Waals surface area contributed by atoms with Crippen LogP contribution >= 0.6 is 0 Å². The molecule has 0 unspecified atom stereocenters. The molecule has 10 rings (SSSR count). The Hall–Kier alpha value is -7.11. The Bertz CT molecular complexity index is 2730. The van der Waals surface area contributed by atoms with E-state index in [4.69, 9.17) is 15.0 Å². The largest absolute Gasteiger partial charge is 0.280 e. The highest BCUT2D eigenvalue weighted by atomic mass is 15.3. The Labute approximate surface area is 301 Å². The van der Waals surface area contributed by atoms with E-state index in [1.165, 1.54) is 11.1 Å². The molecule has 5 heteroatoms. The molecule has 0 aliphatic carbocycles. The number of benzene rings is 7. The molecule has 0 saturated heterocycles. The van der Waals surface area contributed by atoms with Gasteiger partial charge in [-0.1, -0.05) is 146 Å². The normalized spacial score (nSPS) is 11.8. The molecule has 0 saturated carbocycles. The van der Waals surface area contributed by atoms with Crippen molar-refractivity contribution < 1.29 is 0 Å². The van der Waals surface area contributed by atoms with Gasteiger partial charge in [0.2, 0.25) is 5.95 Å². The summed E-state index contributed by atoms with van der Waals surface area (Å²) in [5.74, 6) is 1.49. The minimum atomic E-state index is 0.658. The lowest BCUT2D eigenvalue weighted by atomic mass is 10.0. The van der Waals surface area contributed by atoms with Crippen molar-refractivity contribution in [3.05, 3.63) is 188 Å². The van der Waals surface area contributed by atoms with Gasteiger partial charge in [0.15, 0.2) is 5.82 Å². The third kappa shape index (κ3) is 5.07. The highest BCUT2D eigenvalue weighted by Crippen LogP contribution is 2.47. The fourth-order valence-corrected chi connectivity index (χ4v) is 7.28. The molecule has 9 aromatic rings. The second-order valence-electron chi connectivity index (χ2n) is 12.9. The van der Waals surface area contributed by atoms with E-state index in [1.807, 2.05) is 30.3 Å². The van der Waals surface area contributed by atoms with E-state index in [-0.39, 0.29) is 0 Å². The lowest BCUT2D eigenvalue weighted by Crippen LogP contribution is -2.14. The lowest BCUT2D eigenvalue weighted by Gasteiger charge is -2.25. The molecule has 0 bridgehead atoms. The van der Waals surface area contributed by atoms with Crippen LogP contribution in [-0.2, 0) is 0 Å². The molecule has 0 radical (unpaired) electrons. The van der Waals surface area contributed by atoms with Crippen LogP contribution < -0.4 is 4.90 Å². The molecule has 0 spiro atoms. The third-order valence-corrected chi connectivity index (χ3v) is 9.77. The average molecular weight is 666 g/mol. The van der Waals surface area contributed by atoms with Gasteiger partial charge < -0.3 is 0 Å². The summed E-state index contributed by atoms with van der Waals surface area (Å²) in [6, 6.07) is 65.5. The summed E-state index contributed by atoms with van der Waals surface area (Å²) in [5, 5.41) is 0. The Balaban J connectivity index is 1.15. The fourth-order valence-electron chi connectivity index (χ4n) is 7.28. The number of rotatable bonds is 5. The van der Waals surface area contributed by atoms with Crippen LogP contribution in [0.2, 0.25) is 0 Å². The second kappa shape index (κ2) is 12.3. The van der Waals surface area contributed by atoms with Gasteiger partial charge in [-0.15, -0.1) is 0 Å². The Kier molecular flexibility index (Phi) is 7.07. The average Bonchev–Trinajstić information content (AvgIpc) is 3.55. The zero-order valence-corrected chi connectivity index (χ0v) is 28.1. The molecule has 0 N–H and O–H groups in total. The molecule has 7 aromatic carbocycles. The first kappa shape index (κ1) is 29.8. The van der Waals surface area contributed by atoms with Crippen molar-refractivity contribution >= 4 is 28.4 Å². The van der Waals surface area contributed by atoms with E-state index < -0.39 is 0 Å². The predicted molar refractivity (Wildman–Crippen MR) is 212 cm³/mol. The maximum absolute atomic E-state index is 5.27. The smallest absolute Gasteiger partial charge is 0.220 e. The van der Waals surface area contributed by atoms with E-state index >= 15 is 0 Å². The van der Waals surface area contributed by atoms with E-state index in [1.54, 1.807) is 0 Å². The molecule has 1 aliphatic heterocycles. The number of hydrogen-bond donors (Lipinski definition) is 0. The Morgan fingerprint density at radius 2 is 0.904 bits per heavy atom. The number of aromatic nitrogens is 4. The molecule has 1 aliphatic rings. The van der Waals surface area contributed by atoms with Crippen molar-refractivity contribution in [1.82, 2.24) is 19.5 Å². The van der Waals surface area contributed by atoms with Crippen LogP contribution in [-0.4, -0.2) is 19.5 Å². The van der Waals surface area contributed by atoms with Crippen LogP contribution in [0.5, 0.6) is 0 Å². The quantitative estimate of drug-likeness (QED) is 0.184. The highest BCUT2D eigenvalue weighted by Gasteiger charge is 2.29. The van der Waals surface area contributed by atoms with Crippen LogP contribution in [0.15, 0.2) is 188 Å². The topological polar surface area (TPSA) is 46.8 Å². The van der Waals surface area contributed by atoms with Crippen LogP contribution in [0.4, 0.5) is 17.3 Å². The molecular weight excluding hydrogens is 635 g/mol. The van der Waals surface area contributed by atoms with E-state index in [2.05, 4.69) is 167 Å². The van der Waals surface area contributed by atoms with Crippen LogP contribution in [0.1, 0.15) is 0 Å². The van der Waals surface area contributed by atoms with Crippen LogP contribution in [0, 0.1) is 0 Å². The Morgan fingerprint density at radius 1 is 0.365 bits per heavy atom. The van der Waals surface area contributed by atoms with Gasteiger partial charge in [-0.2, -0.15) is 0 Å². The number of fused-ring (bicyclic) bond motifs is 7. The molecule has 2 aromatic heterocycles. The van der Waals surface area contributed by atoms with Gasteiger partial charge in [0.25, 0.3) is 0 Å². The van der Waals surface area contributed by atoms with Gasteiger partial charge in [0.05, 0.1) is 33.8 Å². The highest BCUT2D eigenvalue weighted by molar-refractivity contribution is 5.96. The molecule has 3 heterocycles. The first-order valence-corrected chi connectivity index (χ1v) is 17.5. The summed E-state index contributed by atoms with van der Waals surface area (Å²) in [5.41, 5.74) is 14.5. The van der Waals surface area contributed by atoms with Crippen LogP contribution in [0.3, 0.4) is 0 Å². The van der Waals surface area contributed by atoms with E-state index in [0.29, 0.717) is 5.82 Å². The summed E-state index contributed by atoms with van der Waals surface area (Å²) >= 11 is 0. The Morgan fingerprint density at radius 3 is 1.65 bits per heavy atom. The maximum atomic E-state index is 5.27. The van der Waals surface area contributed by atoms with Crippen molar-refractivity contribution in [2.75, 3.05) is 4.90 Å². The molecule has 5 nitrogen and oxygen atoms in total. The molecule has 52 heavy (non-hydrogen) atoms. The van der Waals surface area contributed by atoms with Gasteiger partial charge in [-0.3, -0.25) is 9.47 Å². The van der Waals surface area contributed by atoms with Crippen molar-refractivity contribution in [1.29, 1.82) is 0 Å². The van der Waals surface area contributed by atoms with Crippen molar-refractivity contribution in [3.8, 4) is 61.8 Å². The van der Waals surface area contributed by atoms with Gasteiger partial charge in [0.1, 0.15) is 0 Å². The maximum Gasteiger partial charge on any atom is 0.220 e. The number of anilines is 3. The van der Waals surface area contributed by atoms with Crippen molar-refractivity contribution in [3.63, 3.8) is 0 Å². The molecular formula is C47H31N5. The second-order valence-corrected chi connectivity index (χ2v) is 12.9. The molecule has 0 fully saturated rings. The summed E-state index contributed by atoms with van der Waals surface area (Å²) in [4.78, 5) is 17.9. The molecule has 0 atom stereocenters. The number of imidazole rings is 1. The monoisotopic (exact) mass is 665 g/mol. The lowest BCUT2D eigenvalue weighted by molar-refractivity contribution is 1.05. The third-order valence-electron chi connectivity index (χ3n) is 9.77. The first-order chi connectivity index (χ1) is 25.8. The zero-order chi connectivity index (χ0) is 34.4. The molecule has 244 valence electrons. The van der Waals surface area contributed by atoms with E-state index in [9.17, 15) is 0 Å². The van der Waals surface area contributed by atoms with E-state index in [0.717, 1.165) is 73.2 Å². The first-order valence-electron chi connectivity index (χ1n) is 17.5. The van der Waals surface area contributed by atoms with Gasteiger partial charge in [-0.05, 0) is 53.6 Å². The number of hydrogen-bond acceptors (Lipinski definition) is 4. The summed E-state index contributed by atoms with van der Waals surface area (Å²) < 4.78 is 2.28. The summed E-state index contributed by atoms with van der Waals surface area (Å²) in [6.45, 7) is 0. The van der Waals surface area contributed by atoms with Crippen molar-refractivity contribution in [2.45, 2.75) is 0 Å². The van der Waals surface area contributed by atoms with Crippen molar-refractivity contribution in [2.24, 2.45) is 0 Å². The standard InChI is InChI=1S/C47H31N5/c1-3-14-32(15-4-1)33-26-28-35(29-27-33)42-31-41(34-16-5-2-6-17-34)48-46(49-42)36-18-13-19-37(30-36)51-43-23-10-7-20-38(43)39-21-8-11-24-44(39)52-45-25-12-9-22-40(45)50-47(51)52/h1-31H. The summed E-state index contributed by atoms with van der Waals surface area (Å²) in [6.07, 6.45) is 0. The van der Waals surface area contributed by atoms with Gasteiger partial charge >= 0.3 is 0 Å². The number of para-hydroxylation sites is 4. The molecule has 0 amide bonds.